The number of hydrogen-bond donors (Lipinski definition) is 1. The molecule has 2 amide bonds. The number of aromatic nitrogens is 2. The van der Waals surface area contributed by atoms with Gasteiger partial charge < -0.3 is 14.8 Å². The van der Waals surface area contributed by atoms with E-state index < -0.39 is 17.4 Å². The first-order chi connectivity index (χ1) is 14.7. The SMILES string of the molecule is CCOC(=O)c1cc2n(n1)CC(C)(C(=O)NCCOC)N(c1ccc(C)c(C)c1)C2=O. The first kappa shape index (κ1) is 22.5. The fraction of sp³-hybridized carbons (Fsp3) is 0.455. The van der Waals surface area contributed by atoms with Gasteiger partial charge in [-0.2, -0.15) is 5.10 Å². The Morgan fingerprint density at radius 3 is 2.61 bits per heavy atom. The van der Waals surface area contributed by atoms with Crippen LogP contribution in [0.3, 0.4) is 0 Å². The highest BCUT2D eigenvalue weighted by molar-refractivity contribution is 6.12. The Hall–Kier alpha value is -3.20. The average molecular weight is 428 g/mol. The Kier molecular flexibility index (Phi) is 6.45. The Morgan fingerprint density at radius 1 is 1.23 bits per heavy atom. The van der Waals surface area contributed by atoms with Crippen LogP contribution in [0.15, 0.2) is 24.3 Å². The number of rotatable bonds is 7. The van der Waals surface area contributed by atoms with Crippen LogP contribution in [-0.2, 0) is 20.8 Å². The Bertz CT molecular complexity index is 1020. The lowest BCUT2D eigenvalue weighted by molar-refractivity contribution is -0.126. The van der Waals surface area contributed by atoms with E-state index in [0.717, 1.165) is 11.1 Å². The molecule has 0 saturated carbocycles. The first-order valence-electron chi connectivity index (χ1n) is 10.2. The number of nitrogens with one attached hydrogen (secondary N) is 1. The van der Waals surface area contributed by atoms with Crippen molar-refractivity contribution in [2.24, 2.45) is 0 Å². The van der Waals surface area contributed by atoms with Crippen LogP contribution in [-0.4, -0.2) is 60.0 Å². The second kappa shape index (κ2) is 8.89. The fourth-order valence-electron chi connectivity index (χ4n) is 3.61. The van der Waals surface area contributed by atoms with Gasteiger partial charge in [0.2, 0.25) is 5.91 Å². The second-order valence-electron chi connectivity index (χ2n) is 7.72. The summed E-state index contributed by atoms with van der Waals surface area (Å²) in [7, 11) is 1.55. The first-order valence-corrected chi connectivity index (χ1v) is 10.2. The number of esters is 1. The lowest BCUT2D eigenvalue weighted by Crippen LogP contribution is -2.64. The van der Waals surface area contributed by atoms with E-state index in [1.54, 1.807) is 21.0 Å². The number of amides is 2. The Balaban J connectivity index is 2.08. The van der Waals surface area contributed by atoms with Crippen LogP contribution in [0.25, 0.3) is 0 Å². The summed E-state index contributed by atoms with van der Waals surface area (Å²) in [4.78, 5) is 40.4. The quantitative estimate of drug-likeness (QED) is 0.533. The molecule has 1 aromatic heterocycles. The van der Waals surface area contributed by atoms with Gasteiger partial charge in [0.1, 0.15) is 11.2 Å². The summed E-state index contributed by atoms with van der Waals surface area (Å²) in [6.45, 7) is 8.25. The smallest absolute Gasteiger partial charge is 0.358 e. The van der Waals surface area contributed by atoms with Crippen LogP contribution in [0.2, 0.25) is 0 Å². The highest BCUT2D eigenvalue weighted by atomic mass is 16.5. The third-order valence-electron chi connectivity index (χ3n) is 5.47. The number of nitrogens with zero attached hydrogens (tertiary/aromatic N) is 3. The van der Waals surface area contributed by atoms with E-state index in [-0.39, 0.29) is 30.4 Å². The molecule has 9 heteroatoms. The molecule has 0 fully saturated rings. The summed E-state index contributed by atoms with van der Waals surface area (Å²) >= 11 is 0. The maximum atomic E-state index is 13.6. The molecule has 2 heterocycles. The van der Waals surface area contributed by atoms with E-state index >= 15 is 0 Å². The van der Waals surface area contributed by atoms with Gasteiger partial charge in [-0.05, 0) is 51.0 Å². The largest absolute Gasteiger partial charge is 0.461 e. The van der Waals surface area contributed by atoms with Gasteiger partial charge in [0.15, 0.2) is 5.69 Å². The van der Waals surface area contributed by atoms with Gasteiger partial charge in [-0.1, -0.05) is 6.07 Å². The topological polar surface area (TPSA) is 103 Å². The number of carbonyl (C=O) groups excluding carboxylic acids is 3. The second-order valence-corrected chi connectivity index (χ2v) is 7.72. The van der Waals surface area contributed by atoms with Crippen molar-refractivity contribution in [1.82, 2.24) is 15.1 Å². The van der Waals surface area contributed by atoms with Crippen LogP contribution in [0, 0.1) is 13.8 Å². The summed E-state index contributed by atoms with van der Waals surface area (Å²) in [5.74, 6) is -1.36. The molecule has 1 aliphatic heterocycles. The highest BCUT2D eigenvalue weighted by Gasteiger charge is 2.49. The molecule has 0 saturated heterocycles. The van der Waals surface area contributed by atoms with E-state index in [2.05, 4.69) is 10.4 Å². The number of aryl methyl sites for hydroxylation is 2. The molecule has 1 unspecified atom stereocenters. The molecule has 31 heavy (non-hydrogen) atoms. The monoisotopic (exact) mass is 428 g/mol. The molecule has 2 aromatic rings. The maximum Gasteiger partial charge on any atom is 0.358 e. The summed E-state index contributed by atoms with van der Waals surface area (Å²) in [5, 5.41) is 7.07. The van der Waals surface area contributed by atoms with Crippen molar-refractivity contribution >= 4 is 23.5 Å². The number of carbonyl (C=O) groups is 3. The third-order valence-corrected chi connectivity index (χ3v) is 5.47. The number of benzene rings is 1. The average Bonchev–Trinajstić information content (AvgIpc) is 3.15. The summed E-state index contributed by atoms with van der Waals surface area (Å²) < 4.78 is 11.4. The van der Waals surface area contributed by atoms with Crippen LogP contribution in [0.5, 0.6) is 0 Å². The van der Waals surface area contributed by atoms with Gasteiger partial charge in [-0.15, -0.1) is 0 Å². The lowest BCUT2D eigenvalue weighted by atomic mass is 9.93. The molecule has 9 nitrogen and oxygen atoms in total. The van der Waals surface area contributed by atoms with Crippen LogP contribution in [0.4, 0.5) is 5.69 Å². The third kappa shape index (κ3) is 4.18. The van der Waals surface area contributed by atoms with Crippen molar-refractivity contribution in [3.8, 4) is 0 Å². The fourth-order valence-corrected chi connectivity index (χ4v) is 3.61. The number of anilines is 1. The van der Waals surface area contributed by atoms with E-state index in [1.165, 1.54) is 15.6 Å². The van der Waals surface area contributed by atoms with Crippen molar-refractivity contribution in [1.29, 1.82) is 0 Å². The molecule has 1 aliphatic rings. The van der Waals surface area contributed by atoms with Gasteiger partial charge in [-0.3, -0.25) is 19.2 Å². The summed E-state index contributed by atoms with van der Waals surface area (Å²) in [5.41, 5.74) is 1.67. The minimum absolute atomic E-state index is 0.0364. The Morgan fingerprint density at radius 2 is 1.97 bits per heavy atom. The zero-order valence-electron chi connectivity index (χ0n) is 18.5. The zero-order valence-corrected chi connectivity index (χ0v) is 18.5. The number of methoxy groups -OCH3 is 1. The minimum Gasteiger partial charge on any atom is -0.461 e. The normalized spacial score (nSPS) is 18.0. The highest BCUT2D eigenvalue weighted by Crippen LogP contribution is 2.33. The number of fused-ring (bicyclic) bond motifs is 1. The van der Waals surface area contributed by atoms with Gasteiger partial charge in [0.05, 0.1) is 19.8 Å². The molecule has 3 rings (SSSR count). The molecule has 1 N–H and O–H groups in total. The molecular weight excluding hydrogens is 400 g/mol. The summed E-state index contributed by atoms with van der Waals surface area (Å²) in [6.07, 6.45) is 0. The molecular formula is C22H28N4O5. The predicted octanol–water partition coefficient (Wildman–Crippen LogP) is 1.86. The standard InChI is InChI=1S/C22H28N4O5/c1-6-31-20(28)17-12-18-19(27)26(16-8-7-14(2)15(3)11-16)22(4,13-25(18)24-17)21(29)23-9-10-30-5/h7-8,11-12H,6,9-10,13H2,1-5H3,(H,23,29). The minimum atomic E-state index is -1.27. The molecule has 0 spiro atoms. The van der Waals surface area contributed by atoms with E-state index in [9.17, 15) is 14.4 Å². The number of hydrogen-bond acceptors (Lipinski definition) is 6. The molecule has 0 bridgehead atoms. The predicted molar refractivity (Wildman–Crippen MR) is 114 cm³/mol. The van der Waals surface area contributed by atoms with Crippen molar-refractivity contribution in [3.63, 3.8) is 0 Å². The Labute approximate surface area is 181 Å². The van der Waals surface area contributed by atoms with E-state index in [0.29, 0.717) is 18.8 Å². The van der Waals surface area contributed by atoms with Gasteiger partial charge in [-0.25, -0.2) is 4.79 Å². The van der Waals surface area contributed by atoms with Gasteiger partial charge >= 0.3 is 5.97 Å². The molecule has 0 radical (unpaired) electrons. The summed E-state index contributed by atoms with van der Waals surface area (Å²) in [6, 6.07) is 7.03. The lowest BCUT2D eigenvalue weighted by Gasteiger charge is -2.43. The van der Waals surface area contributed by atoms with Crippen LogP contribution in [0.1, 0.15) is 46.0 Å². The van der Waals surface area contributed by atoms with Crippen LogP contribution >= 0.6 is 0 Å². The van der Waals surface area contributed by atoms with Crippen molar-refractivity contribution in [3.05, 3.63) is 46.8 Å². The van der Waals surface area contributed by atoms with Gasteiger partial charge in [0.25, 0.3) is 5.91 Å². The maximum absolute atomic E-state index is 13.6. The van der Waals surface area contributed by atoms with E-state index in [1.807, 2.05) is 32.0 Å². The molecule has 0 aliphatic carbocycles. The molecule has 1 aromatic carbocycles. The van der Waals surface area contributed by atoms with E-state index in [4.69, 9.17) is 9.47 Å². The van der Waals surface area contributed by atoms with Crippen LogP contribution < -0.4 is 10.2 Å². The van der Waals surface area contributed by atoms with Crippen molar-refractivity contribution in [2.75, 3.05) is 31.8 Å². The van der Waals surface area contributed by atoms with Gasteiger partial charge in [0, 0.05) is 25.4 Å². The van der Waals surface area contributed by atoms with Crippen molar-refractivity contribution < 1.29 is 23.9 Å². The molecule has 1 atom stereocenters. The van der Waals surface area contributed by atoms with Crippen molar-refractivity contribution in [2.45, 2.75) is 39.8 Å². The molecule has 166 valence electrons. The zero-order chi connectivity index (χ0) is 22.8. The number of ether oxygens (including phenoxy) is 2.